The van der Waals surface area contributed by atoms with Crippen LogP contribution in [-0.4, -0.2) is 31.3 Å². The van der Waals surface area contributed by atoms with Gasteiger partial charge in [-0.1, -0.05) is 18.8 Å². The molecule has 0 saturated carbocycles. The average Bonchev–Trinajstić information content (AvgIpc) is 2.85. The van der Waals surface area contributed by atoms with Gasteiger partial charge in [0.25, 0.3) is 0 Å². The fraction of sp³-hybridized carbons (Fsp3) is 0.533. The first-order valence-corrected chi connectivity index (χ1v) is 7.46. The monoisotopic (exact) mass is 295 g/mol. The zero-order valence-electron chi connectivity index (χ0n) is 11.9. The van der Waals surface area contributed by atoms with E-state index in [0.29, 0.717) is 26.0 Å². The lowest BCUT2D eigenvalue weighted by molar-refractivity contribution is -0.122. The number of ether oxygens (including phenoxy) is 1. The highest BCUT2D eigenvalue weighted by molar-refractivity contribution is 7.10. The number of aliphatic hydroxyl groups excluding tert-OH is 1. The minimum atomic E-state index is 0.0378. The van der Waals surface area contributed by atoms with Crippen molar-refractivity contribution in [1.29, 1.82) is 0 Å². The molecule has 5 heteroatoms. The Labute approximate surface area is 124 Å². The number of amides is 1. The second kappa shape index (κ2) is 9.54. The van der Waals surface area contributed by atoms with Gasteiger partial charge < -0.3 is 15.2 Å². The largest absolute Gasteiger partial charge is 0.395 e. The van der Waals surface area contributed by atoms with Gasteiger partial charge in [0.15, 0.2) is 0 Å². The Morgan fingerprint density at radius 2 is 2.40 bits per heavy atom. The Morgan fingerprint density at radius 3 is 3.10 bits per heavy atom. The Morgan fingerprint density at radius 1 is 1.60 bits per heavy atom. The van der Waals surface area contributed by atoms with E-state index in [-0.39, 0.29) is 18.4 Å². The predicted molar refractivity (Wildman–Crippen MR) is 80.4 cm³/mol. The van der Waals surface area contributed by atoms with Crippen LogP contribution in [0.1, 0.15) is 30.2 Å². The van der Waals surface area contributed by atoms with Crippen molar-refractivity contribution >= 4 is 17.2 Å². The number of thiophene rings is 1. The highest BCUT2D eigenvalue weighted by atomic mass is 32.1. The van der Waals surface area contributed by atoms with Crippen molar-refractivity contribution in [1.82, 2.24) is 5.32 Å². The fourth-order valence-electron chi connectivity index (χ4n) is 1.68. The Balaban J connectivity index is 2.35. The van der Waals surface area contributed by atoms with E-state index in [1.165, 1.54) is 0 Å². The second-order valence-electron chi connectivity index (χ2n) is 4.62. The molecule has 4 nitrogen and oxygen atoms in total. The van der Waals surface area contributed by atoms with Gasteiger partial charge in [-0.05, 0) is 12.0 Å². The number of methoxy groups -OCH3 is 1. The molecule has 0 radical (unpaired) electrons. The molecule has 1 rings (SSSR count). The van der Waals surface area contributed by atoms with Gasteiger partial charge in [-0.3, -0.25) is 4.79 Å². The molecule has 110 valence electrons. The van der Waals surface area contributed by atoms with Gasteiger partial charge in [-0.15, -0.1) is 11.3 Å². The standard InChI is InChI=1S/C15H21NO3S/c1-12(10-19-2)7-15(18)16-9-14-8-13(11-20-14)5-3-4-6-17/h8,11-12,17H,4,6-7,9-10H2,1-2H3,(H,16,18). The van der Waals surface area contributed by atoms with Crippen LogP contribution in [0.2, 0.25) is 0 Å². The summed E-state index contributed by atoms with van der Waals surface area (Å²) in [6.07, 6.45) is 0.960. The summed E-state index contributed by atoms with van der Waals surface area (Å²) in [7, 11) is 1.64. The molecular formula is C15H21NO3S. The van der Waals surface area contributed by atoms with Crippen molar-refractivity contribution in [2.24, 2.45) is 5.92 Å². The first kappa shape index (κ1) is 16.7. The molecule has 1 atom stereocenters. The van der Waals surface area contributed by atoms with Crippen LogP contribution < -0.4 is 5.32 Å². The van der Waals surface area contributed by atoms with Crippen molar-refractivity contribution < 1.29 is 14.6 Å². The summed E-state index contributed by atoms with van der Waals surface area (Å²) >= 11 is 1.57. The van der Waals surface area contributed by atoms with Crippen molar-refractivity contribution in [3.05, 3.63) is 21.9 Å². The number of hydrogen-bond acceptors (Lipinski definition) is 4. The fourth-order valence-corrected chi connectivity index (χ4v) is 2.43. The molecule has 0 bridgehead atoms. The first-order valence-electron chi connectivity index (χ1n) is 6.58. The third-order valence-electron chi connectivity index (χ3n) is 2.57. The summed E-state index contributed by atoms with van der Waals surface area (Å²) in [5, 5.41) is 13.5. The average molecular weight is 295 g/mol. The maximum absolute atomic E-state index is 11.7. The summed E-state index contributed by atoms with van der Waals surface area (Å²) in [6.45, 7) is 3.20. The summed E-state index contributed by atoms with van der Waals surface area (Å²) in [4.78, 5) is 12.8. The van der Waals surface area contributed by atoms with Gasteiger partial charge >= 0.3 is 0 Å². The van der Waals surface area contributed by atoms with Crippen molar-refractivity contribution in [2.45, 2.75) is 26.3 Å². The molecule has 1 unspecified atom stereocenters. The van der Waals surface area contributed by atoms with Crippen LogP contribution in [0.4, 0.5) is 0 Å². The lowest BCUT2D eigenvalue weighted by Gasteiger charge is -2.09. The molecular weight excluding hydrogens is 274 g/mol. The van der Waals surface area contributed by atoms with E-state index in [1.54, 1.807) is 18.4 Å². The number of rotatable bonds is 7. The predicted octanol–water partition coefficient (Wildman–Crippen LogP) is 1.77. The molecule has 0 aliphatic heterocycles. The van der Waals surface area contributed by atoms with Crippen molar-refractivity contribution in [3.8, 4) is 11.8 Å². The van der Waals surface area contributed by atoms with Crippen LogP contribution in [0.15, 0.2) is 11.4 Å². The molecule has 0 spiro atoms. The number of hydrogen-bond donors (Lipinski definition) is 2. The number of carbonyl (C=O) groups is 1. The molecule has 1 heterocycles. The van der Waals surface area contributed by atoms with Crippen LogP contribution in [0.25, 0.3) is 0 Å². The molecule has 2 N–H and O–H groups in total. The zero-order valence-corrected chi connectivity index (χ0v) is 12.8. The first-order chi connectivity index (χ1) is 9.65. The van der Waals surface area contributed by atoms with E-state index >= 15 is 0 Å². The Hall–Kier alpha value is -1.35. The maximum Gasteiger partial charge on any atom is 0.220 e. The molecule has 0 saturated heterocycles. The summed E-state index contributed by atoms with van der Waals surface area (Å²) in [6, 6.07) is 1.97. The SMILES string of the molecule is COCC(C)CC(=O)NCc1cc(C#CCCO)cs1. The Bertz CT molecular complexity index is 473. The third kappa shape index (κ3) is 6.71. The van der Waals surface area contributed by atoms with Crippen LogP contribution in [0, 0.1) is 17.8 Å². The van der Waals surface area contributed by atoms with E-state index in [1.807, 2.05) is 18.4 Å². The zero-order chi connectivity index (χ0) is 14.8. The lowest BCUT2D eigenvalue weighted by Crippen LogP contribution is -2.25. The minimum Gasteiger partial charge on any atom is -0.395 e. The second-order valence-corrected chi connectivity index (χ2v) is 5.61. The molecule has 1 aromatic heterocycles. The molecule has 0 aliphatic rings. The van der Waals surface area contributed by atoms with Crippen molar-refractivity contribution in [2.75, 3.05) is 20.3 Å². The van der Waals surface area contributed by atoms with Gasteiger partial charge in [-0.25, -0.2) is 0 Å². The highest BCUT2D eigenvalue weighted by Gasteiger charge is 2.08. The van der Waals surface area contributed by atoms with E-state index in [9.17, 15) is 4.79 Å². The third-order valence-corrected chi connectivity index (χ3v) is 3.50. The number of carbonyl (C=O) groups excluding carboxylic acids is 1. The Kier molecular flexibility index (Phi) is 7.97. The molecule has 20 heavy (non-hydrogen) atoms. The quantitative estimate of drug-likeness (QED) is 0.754. The highest BCUT2D eigenvalue weighted by Crippen LogP contribution is 2.13. The topological polar surface area (TPSA) is 58.6 Å². The molecule has 0 aliphatic carbocycles. The minimum absolute atomic E-state index is 0.0378. The lowest BCUT2D eigenvalue weighted by atomic mass is 10.1. The van der Waals surface area contributed by atoms with E-state index in [0.717, 1.165) is 10.4 Å². The van der Waals surface area contributed by atoms with E-state index in [4.69, 9.17) is 9.84 Å². The normalized spacial score (nSPS) is 11.6. The van der Waals surface area contributed by atoms with Gasteiger partial charge in [0.05, 0.1) is 13.2 Å². The summed E-state index contributed by atoms with van der Waals surface area (Å²) in [5.74, 6) is 6.11. The number of aliphatic hydroxyl groups is 1. The van der Waals surface area contributed by atoms with Gasteiger partial charge in [-0.2, -0.15) is 0 Å². The van der Waals surface area contributed by atoms with Crippen molar-refractivity contribution in [3.63, 3.8) is 0 Å². The van der Waals surface area contributed by atoms with Crippen LogP contribution >= 0.6 is 11.3 Å². The van der Waals surface area contributed by atoms with Gasteiger partial charge in [0.1, 0.15) is 0 Å². The molecule has 0 fully saturated rings. The maximum atomic E-state index is 11.7. The van der Waals surface area contributed by atoms with Crippen LogP contribution in [0.3, 0.4) is 0 Å². The molecule has 0 aromatic carbocycles. The van der Waals surface area contributed by atoms with Crippen LogP contribution in [-0.2, 0) is 16.1 Å². The van der Waals surface area contributed by atoms with Crippen LogP contribution in [0.5, 0.6) is 0 Å². The smallest absolute Gasteiger partial charge is 0.220 e. The number of nitrogens with one attached hydrogen (secondary N) is 1. The summed E-state index contributed by atoms with van der Waals surface area (Å²) < 4.78 is 5.01. The van der Waals surface area contributed by atoms with Gasteiger partial charge in [0, 0.05) is 42.4 Å². The molecule has 1 amide bonds. The molecule has 1 aromatic rings. The van der Waals surface area contributed by atoms with E-state index < -0.39 is 0 Å². The van der Waals surface area contributed by atoms with Gasteiger partial charge in [0.2, 0.25) is 5.91 Å². The summed E-state index contributed by atoms with van der Waals surface area (Å²) in [5.41, 5.74) is 0.931. The van der Waals surface area contributed by atoms with E-state index in [2.05, 4.69) is 17.2 Å².